The van der Waals surface area contributed by atoms with Gasteiger partial charge in [0.15, 0.2) is 16.9 Å². The zero-order valence-corrected chi connectivity index (χ0v) is 19.3. The molecule has 4 rings (SSSR count). The predicted molar refractivity (Wildman–Crippen MR) is 130 cm³/mol. The summed E-state index contributed by atoms with van der Waals surface area (Å²) in [6.45, 7) is 0.341. The summed E-state index contributed by atoms with van der Waals surface area (Å²) in [5, 5.41) is 10.1. The van der Waals surface area contributed by atoms with Crippen LogP contribution in [0.3, 0.4) is 0 Å². The molecule has 3 aromatic rings. The molecule has 0 radical (unpaired) electrons. The fourth-order valence-corrected chi connectivity index (χ4v) is 4.50. The number of hydrogen-bond acceptors (Lipinski definition) is 5. The molecule has 0 saturated carbocycles. The van der Waals surface area contributed by atoms with Crippen LogP contribution in [-0.4, -0.2) is 11.9 Å². The minimum Gasteiger partial charge on any atom is -0.507 e. The summed E-state index contributed by atoms with van der Waals surface area (Å²) in [6, 6.07) is 12.7. The van der Waals surface area contributed by atoms with Crippen molar-refractivity contribution in [2.45, 2.75) is 77.0 Å². The molecule has 0 atom stereocenters. The highest BCUT2D eigenvalue weighted by atomic mass is 16.7. The topological polar surface area (TPSA) is 68.9 Å². The molecule has 1 aliphatic heterocycles. The molecule has 1 N–H and O–H groups in total. The SMILES string of the molecule is O=c1cc(CCCCCCCCCCCCc2ccc3c(c2)OCO3)oc2cccc(O)c12. The van der Waals surface area contributed by atoms with Crippen molar-refractivity contribution >= 4 is 11.0 Å². The van der Waals surface area contributed by atoms with Crippen LogP contribution < -0.4 is 14.9 Å². The van der Waals surface area contributed by atoms with Crippen LogP contribution in [0.15, 0.2) is 51.7 Å². The van der Waals surface area contributed by atoms with Crippen molar-refractivity contribution in [3.05, 3.63) is 64.0 Å². The molecule has 5 heteroatoms. The molecule has 1 aromatic heterocycles. The van der Waals surface area contributed by atoms with E-state index in [0.29, 0.717) is 18.1 Å². The molecule has 0 amide bonds. The minimum atomic E-state index is -0.166. The van der Waals surface area contributed by atoms with E-state index in [9.17, 15) is 9.90 Å². The second kappa shape index (κ2) is 11.8. The average Bonchev–Trinajstić information content (AvgIpc) is 3.27. The maximum Gasteiger partial charge on any atom is 0.231 e. The van der Waals surface area contributed by atoms with Crippen LogP contribution in [0.5, 0.6) is 17.2 Å². The van der Waals surface area contributed by atoms with Gasteiger partial charge in [0.2, 0.25) is 6.79 Å². The van der Waals surface area contributed by atoms with E-state index in [2.05, 4.69) is 12.1 Å². The van der Waals surface area contributed by atoms with Crippen LogP contribution in [0, 0.1) is 0 Å². The molecule has 2 heterocycles. The van der Waals surface area contributed by atoms with Gasteiger partial charge in [0.05, 0.1) is 0 Å². The van der Waals surface area contributed by atoms with Gasteiger partial charge in [-0.2, -0.15) is 0 Å². The number of ether oxygens (including phenoxy) is 2. The van der Waals surface area contributed by atoms with E-state index in [0.717, 1.165) is 37.2 Å². The summed E-state index contributed by atoms with van der Waals surface area (Å²) in [4.78, 5) is 12.2. The van der Waals surface area contributed by atoms with E-state index in [1.807, 2.05) is 6.07 Å². The highest BCUT2D eigenvalue weighted by Gasteiger charge is 2.13. The van der Waals surface area contributed by atoms with Crippen molar-refractivity contribution in [3.8, 4) is 17.2 Å². The first-order valence-electron chi connectivity index (χ1n) is 12.3. The van der Waals surface area contributed by atoms with Gasteiger partial charge in [-0.05, 0) is 49.1 Å². The van der Waals surface area contributed by atoms with Gasteiger partial charge in [-0.25, -0.2) is 0 Å². The lowest BCUT2D eigenvalue weighted by Crippen LogP contribution is -2.02. The molecule has 1 aliphatic rings. The standard InChI is InChI=1S/C28H34O5/c29-23-14-11-15-26-28(23)24(30)19-22(33-26)13-10-8-6-4-2-1-3-5-7-9-12-21-16-17-25-27(18-21)32-20-31-25/h11,14-19,29H,1-10,12-13,20H2. The van der Waals surface area contributed by atoms with Crippen molar-refractivity contribution in [2.75, 3.05) is 6.79 Å². The van der Waals surface area contributed by atoms with Gasteiger partial charge in [-0.1, -0.05) is 63.5 Å². The third-order valence-corrected chi connectivity index (χ3v) is 6.36. The number of phenols is 1. The third-order valence-electron chi connectivity index (χ3n) is 6.36. The van der Waals surface area contributed by atoms with Gasteiger partial charge in [0.1, 0.15) is 22.5 Å². The van der Waals surface area contributed by atoms with Gasteiger partial charge in [-0.3, -0.25) is 4.79 Å². The number of aryl methyl sites for hydroxylation is 2. The van der Waals surface area contributed by atoms with E-state index >= 15 is 0 Å². The number of unbranched alkanes of at least 4 members (excludes halogenated alkanes) is 9. The molecule has 176 valence electrons. The van der Waals surface area contributed by atoms with Crippen molar-refractivity contribution < 1.29 is 19.0 Å². The molecule has 2 aromatic carbocycles. The largest absolute Gasteiger partial charge is 0.507 e. The fraction of sp³-hybridized carbons (Fsp3) is 0.464. The number of hydrogen-bond donors (Lipinski definition) is 1. The summed E-state index contributed by atoms with van der Waals surface area (Å²) in [5.74, 6) is 2.44. The lowest BCUT2D eigenvalue weighted by molar-refractivity contribution is 0.174. The van der Waals surface area contributed by atoms with E-state index in [4.69, 9.17) is 13.9 Å². The highest BCUT2D eigenvalue weighted by molar-refractivity contribution is 5.82. The quantitative estimate of drug-likeness (QED) is 0.286. The Bertz CT molecular complexity index is 1100. The second-order valence-corrected chi connectivity index (χ2v) is 8.95. The van der Waals surface area contributed by atoms with E-state index < -0.39 is 0 Å². The van der Waals surface area contributed by atoms with E-state index in [1.54, 1.807) is 12.1 Å². The Morgan fingerprint density at radius 1 is 0.727 bits per heavy atom. The first-order chi connectivity index (χ1) is 16.2. The normalized spacial score (nSPS) is 12.5. The Balaban J connectivity index is 1.01. The smallest absolute Gasteiger partial charge is 0.231 e. The molecule has 0 fully saturated rings. The summed E-state index contributed by atoms with van der Waals surface area (Å²) >= 11 is 0. The van der Waals surface area contributed by atoms with Crippen molar-refractivity contribution in [3.63, 3.8) is 0 Å². The van der Waals surface area contributed by atoms with Crippen LogP contribution in [0.4, 0.5) is 0 Å². The van der Waals surface area contributed by atoms with Gasteiger partial charge in [0, 0.05) is 12.5 Å². The van der Waals surface area contributed by atoms with E-state index in [-0.39, 0.29) is 16.6 Å². The Morgan fingerprint density at radius 3 is 2.15 bits per heavy atom. The molecular weight excluding hydrogens is 416 g/mol. The average molecular weight is 451 g/mol. The fourth-order valence-electron chi connectivity index (χ4n) is 4.50. The maximum atomic E-state index is 12.2. The first kappa shape index (κ1) is 23.2. The maximum absolute atomic E-state index is 12.2. The van der Waals surface area contributed by atoms with Crippen LogP contribution in [-0.2, 0) is 12.8 Å². The monoisotopic (exact) mass is 450 g/mol. The minimum absolute atomic E-state index is 0.0162. The molecule has 0 spiro atoms. The molecule has 0 saturated heterocycles. The molecule has 33 heavy (non-hydrogen) atoms. The van der Waals surface area contributed by atoms with Crippen molar-refractivity contribution in [1.29, 1.82) is 0 Å². The molecular formula is C28H34O5. The zero-order valence-electron chi connectivity index (χ0n) is 19.3. The number of benzene rings is 2. The first-order valence-corrected chi connectivity index (χ1v) is 12.3. The Kier molecular flexibility index (Phi) is 8.29. The molecule has 0 unspecified atom stereocenters. The third kappa shape index (κ3) is 6.53. The summed E-state index contributed by atoms with van der Waals surface area (Å²) < 4.78 is 16.6. The molecule has 0 bridgehead atoms. The second-order valence-electron chi connectivity index (χ2n) is 8.95. The summed E-state index contributed by atoms with van der Waals surface area (Å²) in [6.07, 6.45) is 14.3. The van der Waals surface area contributed by atoms with Gasteiger partial charge in [0.25, 0.3) is 0 Å². The Hall–Kier alpha value is -2.95. The van der Waals surface area contributed by atoms with Crippen LogP contribution >= 0.6 is 0 Å². The number of phenolic OH excluding ortho intramolecular Hbond substituents is 1. The van der Waals surface area contributed by atoms with Crippen LogP contribution in [0.1, 0.15) is 75.5 Å². The lowest BCUT2D eigenvalue weighted by Gasteiger charge is -2.05. The molecule has 0 aliphatic carbocycles. The number of rotatable bonds is 13. The number of aromatic hydroxyl groups is 1. The lowest BCUT2D eigenvalue weighted by atomic mass is 10.0. The Morgan fingerprint density at radius 2 is 1.39 bits per heavy atom. The van der Waals surface area contributed by atoms with Crippen molar-refractivity contribution in [1.82, 2.24) is 0 Å². The van der Waals surface area contributed by atoms with Gasteiger partial charge in [-0.15, -0.1) is 0 Å². The number of fused-ring (bicyclic) bond motifs is 2. The summed E-state index contributed by atoms with van der Waals surface area (Å²) in [5.41, 5.74) is 1.63. The van der Waals surface area contributed by atoms with Gasteiger partial charge >= 0.3 is 0 Å². The highest BCUT2D eigenvalue weighted by Crippen LogP contribution is 2.33. The molecule has 5 nitrogen and oxygen atoms in total. The van der Waals surface area contributed by atoms with Crippen LogP contribution in [0.2, 0.25) is 0 Å². The van der Waals surface area contributed by atoms with Crippen LogP contribution in [0.25, 0.3) is 11.0 Å². The van der Waals surface area contributed by atoms with Crippen molar-refractivity contribution in [2.24, 2.45) is 0 Å². The predicted octanol–water partition coefficient (Wildman–Crippen LogP) is 6.91. The summed E-state index contributed by atoms with van der Waals surface area (Å²) in [7, 11) is 0. The van der Waals surface area contributed by atoms with Gasteiger partial charge < -0.3 is 19.0 Å². The van der Waals surface area contributed by atoms with E-state index in [1.165, 1.54) is 69.1 Å². The Labute approximate surface area is 195 Å². The zero-order chi connectivity index (χ0) is 22.9.